The molecule has 1 fully saturated rings. The van der Waals surface area contributed by atoms with E-state index in [-0.39, 0.29) is 16.5 Å². The predicted octanol–water partition coefficient (Wildman–Crippen LogP) is 0.592. The topological polar surface area (TPSA) is 92.7 Å². The molecule has 0 atom stereocenters. The second kappa shape index (κ2) is 6.33. The summed E-state index contributed by atoms with van der Waals surface area (Å²) in [5.74, 6) is 0.0507. The lowest BCUT2D eigenvalue weighted by molar-refractivity contribution is -0.384. The molecule has 1 amide bonds. The van der Waals surface area contributed by atoms with Gasteiger partial charge in [0, 0.05) is 45.2 Å². The minimum Gasteiger partial charge on any atom is -0.362 e. The first-order valence-corrected chi connectivity index (χ1v) is 6.59. The summed E-state index contributed by atoms with van der Waals surface area (Å²) in [6.45, 7) is 2.70. The Labute approximate surface area is 117 Å². The van der Waals surface area contributed by atoms with Crippen molar-refractivity contribution in [1.82, 2.24) is 4.90 Å². The van der Waals surface area contributed by atoms with Crippen LogP contribution in [-0.2, 0) is 4.79 Å². The number of amides is 1. The van der Waals surface area contributed by atoms with Crippen LogP contribution < -0.4 is 10.6 Å². The highest BCUT2D eigenvalue weighted by Gasteiger charge is 2.24. The van der Waals surface area contributed by atoms with E-state index in [9.17, 15) is 14.9 Å². The van der Waals surface area contributed by atoms with E-state index in [1.54, 1.807) is 23.1 Å². The highest BCUT2D eigenvalue weighted by molar-refractivity contribution is 5.77. The maximum atomic E-state index is 11.7. The number of piperazine rings is 1. The molecular weight excluding hydrogens is 260 g/mol. The van der Waals surface area contributed by atoms with Crippen molar-refractivity contribution in [2.75, 3.05) is 37.6 Å². The third kappa shape index (κ3) is 3.05. The molecule has 1 aliphatic heterocycles. The smallest absolute Gasteiger partial charge is 0.292 e. The van der Waals surface area contributed by atoms with Crippen molar-refractivity contribution < 1.29 is 9.72 Å². The third-order valence-electron chi connectivity index (χ3n) is 3.41. The van der Waals surface area contributed by atoms with E-state index in [0.29, 0.717) is 44.8 Å². The summed E-state index contributed by atoms with van der Waals surface area (Å²) in [5, 5.41) is 11.0. The SMILES string of the molecule is NCCC(=O)N1CCN(c2ccccc2[N+](=O)[O-])CC1. The van der Waals surface area contributed by atoms with E-state index in [4.69, 9.17) is 5.73 Å². The molecule has 20 heavy (non-hydrogen) atoms. The van der Waals surface area contributed by atoms with E-state index in [0.717, 1.165) is 0 Å². The summed E-state index contributed by atoms with van der Waals surface area (Å²) < 4.78 is 0. The third-order valence-corrected chi connectivity index (χ3v) is 3.41. The van der Waals surface area contributed by atoms with Crippen molar-refractivity contribution in [1.29, 1.82) is 0 Å². The Kier molecular flexibility index (Phi) is 4.52. The number of carbonyl (C=O) groups excluding carboxylic acids is 1. The van der Waals surface area contributed by atoms with Crippen LogP contribution in [-0.4, -0.2) is 48.5 Å². The first kappa shape index (κ1) is 14.3. The van der Waals surface area contributed by atoms with Crippen LogP contribution in [0.4, 0.5) is 11.4 Å². The van der Waals surface area contributed by atoms with Crippen molar-refractivity contribution in [3.8, 4) is 0 Å². The zero-order valence-electron chi connectivity index (χ0n) is 11.2. The number of nitro groups is 1. The minimum absolute atomic E-state index is 0.0507. The molecule has 7 heteroatoms. The van der Waals surface area contributed by atoms with Crippen molar-refractivity contribution in [2.24, 2.45) is 5.73 Å². The van der Waals surface area contributed by atoms with Crippen molar-refractivity contribution in [2.45, 2.75) is 6.42 Å². The molecular formula is C13H18N4O3. The molecule has 1 aromatic carbocycles. The van der Waals surface area contributed by atoms with Crippen LogP contribution in [0.3, 0.4) is 0 Å². The number of nitrogens with zero attached hydrogens (tertiary/aromatic N) is 3. The molecule has 1 aliphatic rings. The molecule has 2 rings (SSSR count). The van der Waals surface area contributed by atoms with Gasteiger partial charge < -0.3 is 15.5 Å². The van der Waals surface area contributed by atoms with Crippen molar-refractivity contribution >= 4 is 17.3 Å². The summed E-state index contributed by atoms with van der Waals surface area (Å²) in [7, 11) is 0. The summed E-state index contributed by atoms with van der Waals surface area (Å²) in [5.41, 5.74) is 6.09. The highest BCUT2D eigenvalue weighted by Crippen LogP contribution is 2.28. The van der Waals surface area contributed by atoms with E-state index in [1.165, 1.54) is 6.07 Å². The van der Waals surface area contributed by atoms with E-state index in [2.05, 4.69) is 0 Å². The Balaban J connectivity index is 2.04. The monoisotopic (exact) mass is 278 g/mol. The summed E-state index contributed by atoms with van der Waals surface area (Å²) >= 11 is 0. The highest BCUT2D eigenvalue weighted by atomic mass is 16.6. The Morgan fingerprint density at radius 1 is 1.25 bits per heavy atom. The Hall–Kier alpha value is -2.15. The number of nitro benzene ring substituents is 1. The van der Waals surface area contributed by atoms with Gasteiger partial charge in [0.1, 0.15) is 5.69 Å². The van der Waals surface area contributed by atoms with Gasteiger partial charge >= 0.3 is 0 Å². The van der Waals surface area contributed by atoms with Gasteiger partial charge in [0.15, 0.2) is 0 Å². The molecule has 0 saturated carbocycles. The summed E-state index contributed by atoms with van der Waals surface area (Å²) in [4.78, 5) is 26.1. The lowest BCUT2D eigenvalue weighted by Crippen LogP contribution is -2.49. The number of benzene rings is 1. The lowest BCUT2D eigenvalue weighted by Gasteiger charge is -2.35. The van der Waals surface area contributed by atoms with Crippen molar-refractivity contribution in [3.63, 3.8) is 0 Å². The van der Waals surface area contributed by atoms with Crippen LogP contribution in [0.1, 0.15) is 6.42 Å². The summed E-state index contributed by atoms with van der Waals surface area (Å²) in [6, 6.07) is 6.69. The van der Waals surface area contributed by atoms with Gasteiger partial charge in [0.2, 0.25) is 5.91 Å². The number of rotatable bonds is 4. The molecule has 0 aromatic heterocycles. The van der Waals surface area contributed by atoms with Gasteiger partial charge in [0.25, 0.3) is 5.69 Å². The second-order valence-corrected chi connectivity index (χ2v) is 4.65. The van der Waals surface area contributed by atoms with Crippen LogP contribution in [0.5, 0.6) is 0 Å². The molecule has 1 heterocycles. The van der Waals surface area contributed by atoms with E-state index in [1.807, 2.05) is 4.90 Å². The standard InChI is InChI=1S/C13H18N4O3/c14-6-5-13(18)16-9-7-15(8-10-16)11-3-1-2-4-12(11)17(19)20/h1-4H,5-10,14H2. The Morgan fingerprint density at radius 2 is 1.90 bits per heavy atom. The quantitative estimate of drug-likeness (QED) is 0.643. The fourth-order valence-corrected chi connectivity index (χ4v) is 2.36. The van der Waals surface area contributed by atoms with Crippen LogP contribution in [0.15, 0.2) is 24.3 Å². The number of nitrogens with two attached hydrogens (primary N) is 1. The van der Waals surface area contributed by atoms with Gasteiger partial charge in [-0.2, -0.15) is 0 Å². The molecule has 0 unspecified atom stereocenters. The number of anilines is 1. The Bertz CT molecular complexity index is 498. The van der Waals surface area contributed by atoms with Crippen molar-refractivity contribution in [3.05, 3.63) is 34.4 Å². The van der Waals surface area contributed by atoms with Gasteiger partial charge in [-0.15, -0.1) is 0 Å². The zero-order valence-corrected chi connectivity index (χ0v) is 11.2. The molecule has 0 radical (unpaired) electrons. The predicted molar refractivity (Wildman–Crippen MR) is 75.6 cm³/mol. The fraction of sp³-hybridized carbons (Fsp3) is 0.462. The number of hydrogen-bond donors (Lipinski definition) is 1. The molecule has 0 aliphatic carbocycles. The van der Waals surface area contributed by atoms with E-state index < -0.39 is 0 Å². The summed E-state index contributed by atoms with van der Waals surface area (Å²) in [6.07, 6.45) is 0.353. The average molecular weight is 278 g/mol. The number of carbonyl (C=O) groups is 1. The van der Waals surface area contributed by atoms with Gasteiger partial charge in [-0.3, -0.25) is 14.9 Å². The first-order valence-electron chi connectivity index (χ1n) is 6.59. The van der Waals surface area contributed by atoms with Gasteiger partial charge in [0.05, 0.1) is 4.92 Å². The molecule has 7 nitrogen and oxygen atoms in total. The second-order valence-electron chi connectivity index (χ2n) is 4.65. The van der Waals surface area contributed by atoms with Crippen LogP contribution >= 0.6 is 0 Å². The average Bonchev–Trinajstić information content (AvgIpc) is 2.47. The van der Waals surface area contributed by atoms with E-state index >= 15 is 0 Å². The van der Waals surface area contributed by atoms with Crippen LogP contribution in [0, 0.1) is 10.1 Å². The normalized spacial score (nSPS) is 15.2. The molecule has 1 aromatic rings. The van der Waals surface area contributed by atoms with Crippen LogP contribution in [0.2, 0.25) is 0 Å². The maximum absolute atomic E-state index is 11.7. The molecule has 108 valence electrons. The minimum atomic E-state index is -0.374. The number of para-hydroxylation sites is 2. The zero-order chi connectivity index (χ0) is 14.5. The lowest BCUT2D eigenvalue weighted by atomic mass is 10.2. The molecule has 2 N–H and O–H groups in total. The number of hydrogen-bond acceptors (Lipinski definition) is 5. The van der Waals surface area contributed by atoms with Gasteiger partial charge in [-0.05, 0) is 6.07 Å². The maximum Gasteiger partial charge on any atom is 0.292 e. The fourth-order valence-electron chi connectivity index (χ4n) is 2.36. The molecule has 0 spiro atoms. The molecule has 1 saturated heterocycles. The van der Waals surface area contributed by atoms with Gasteiger partial charge in [-0.25, -0.2) is 0 Å². The Morgan fingerprint density at radius 3 is 2.50 bits per heavy atom. The van der Waals surface area contributed by atoms with Gasteiger partial charge in [-0.1, -0.05) is 12.1 Å². The largest absolute Gasteiger partial charge is 0.362 e. The first-order chi connectivity index (χ1) is 9.63. The van der Waals surface area contributed by atoms with Crippen LogP contribution in [0.25, 0.3) is 0 Å². The molecule has 0 bridgehead atoms.